The van der Waals surface area contributed by atoms with Gasteiger partial charge in [0.2, 0.25) is 0 Å². The molecule has 0 aliphatic rings. The summed E-state index contributed by atoms with van der Waals surface area (Å²) in [5, 5.41) is 15.5. The van der Waals surface area contributed by atoms with E-state index in [1.54, 1.807) is 0 Å². The number of carboxylic acids is 1. The zero-order valence-corrected chi connectivity index (χ0v) is 12.0. The maximum absolute atomic E-state index is 13.4. The Morgan fingerprint density at radius 2 is 2.19 bits per heavy atom. The van der Waals surface area contributed by atoms with Crippen LogP contribution in [0.4, 0.5) is 14.9 Å². The fraction of sp³-hybridized carbons (Fsp3) is 0.0833. The van der Waals surface area contributed by atoms with Crippen molar-refractivity contribution in [3.05, 3.63) is 45.1 Å². The average Bonchev–Trinajstić information content (AvgIpc) is 2.90. The van der Waals surface area contributed by atoms with Gasteiger partial charge in [-0.1, -0.05) is 11.6 Å². The Hall–Kier alpha value is -2.19. The molecule has 0 aliphatic carbocycles. The molecule has 2 rings (SSSR count). The van der Waals surface area contributed by atoms with Gasteiger partial charge in [0.25, 0.3) is 0 Å². The number of anilines is 1. The van der Waals surface area contributed by atoms with Gasteiger partial charge in [0.1, 0.15) is 10.8 Å². The highest BCUT2D eigenvalue weighted by Crippen LogP contribution is 2.19. The van der Waals surface area contributed by atoms with E-state index in [1.165, 1.54) is 17.5 Å². The highest BCUT2D eigenvalue weighted by molar-refractivity contribution is 7.09. The van der Waals surface area contributed by atoms with E-state index in [-0.39, 0.29) is 22.9 Å². The molecule has 110 valence electrons. The fourth-order valence-electron chi connectivity index (χ4n) is 1.41. The van der Waals surface area contributed by atoms with E-state index in [0.717, 1.165) is 17.4 Å². The molecule has 21 heavy (non-hydrogen) atoms. The van der Waals surface area contributed by atoms with E-state index in [4.69, 9.17) is 16.7 Å². The van der Waals surface area contributed by atoms with Gasteiger partial charge in [-0.2, -0.15) is 0 Å². The normalized spacial score (nSPS) is 10.2. The first kappa shape index (κ1) is 15.2. The van der Waals surface area contributed by atoms with Crippen molar-refractivity contribution in [1.29, 1.82) is 0 Å². The van der Waals surface area contributed by atoms with Crippen LogP contribution in [0.15, 0.2) is 23.6 Å². The number of carbonyl (C=O) groups excluding carboxylic acids is 1. The van der Waals surface area contributed by atoms with Gasteiger partial charge in [0.15, 0.2) is 5.69 Å². The van der Waals surface area contributed by atoms with E-state index in [9.17, 15) is 14.0 Å². The number of hydrogen-bond acceptors (Lipinski definition) is 4. The van der Waals surface area contributed by atoms with E-state index >= 15 is 0 Å². The lowest BCUT2D eigenvalue weighted by Gasteiger charge is -2.07. The smallest absolute Gasteiger partial charge is 0.355 e. The lowest BCUT2D eigenvalue weighted by atomic mass is 10.3. The van der Waals surface area contributed by atoms with Crippen molar-refractivity contribution < 1.29 is 19.1 Å². The lowest BCUT2D eigenvalue weighted by molar-refractivity contribution is 0.0691. The van der Waals surface area contributed by atoms with Crippen LogP contribution in [0.1, 0.15) is 15.5 Å². The molecule has 0 fully saturated rings. The molecule has 3 N–H and O–H groups in total. The number of benzene rings is 1. The van der Waals surface area contributed by atoms with Gasteiger partial charge in [-0.25, -0.2) is 19.0 Å². The molecule has 0 atom stereocenters. The highest BCUT2D eigenvalue weighted by Gasteiger charge is 2.11. The Kier molecular flexibility index (Phi) is 4.71. The molecule has 0 spiro atoms. The summed E-state index contributed by atoms with van der Waals surface area (Å²) in [5.41, 5.74) is -0.136. The van der Waals surface area contributed by atoms with Gasteiger partial charge in [-0.3, -0.25) is 0 Å². The molecule has 1 aromatic heterocycles. The number of aromatic carboxylic acids is 1. The molecule has 0 bridgehead atoms. The Morgan fingerprint density at radius 1 is 1.43 bits per heavy atom. The van der Waals surface area contributed by atoms with E-state index in [2.05, 4.69) is 15.6 Å². The maximum atomic E-state index is 13.4. The van der Waals surface area contributed by atoms with Crippen molar-refractivity contribution in [3.63, 3.8) is 0 Å². The summed E-state index contributed by atoms with van der Waals surface area (Å²) in [7, 11) is 0. The summed E-state index contributed by atoms with van der Waals surface area (Å²) in [5.74, 6) is -1.75. The molecule has 0 unspecified atom stereocenters. The Morgan fingerprint density at radius 3 is 2.86 bits per heavy atom. The van der Waals surface area contributed by atoms with Crippen molar-refractivity contribution >= 4 is 40.6 Å². The SMILES string of the molecule is O=C(NCc1nc(C(=O)O)cs1)Nc1cc(Cl)ccc1F. The number of thiazole rings is 1. The number of urea groups is 1. The second-order valence-electron chi connectivity index (χ2n) is 3.86. The maximum Gasteiger partial charge on any atom is 0.355 e. The van der Waals surface area contributed by atoms with Crippen LogP contribution in [-0.4, -0.2) is 22.1 Å². The van der Waals surface area contributed by atoms with Crippen LogP contribution < -0.4 is 10.6 Å². The van der Waals surface area contributed by atoms with E-state index in [1.807, 2.05) is 0 Å². The Labute approximate surface area is 127 Å². The Bertz CT molecular complexity index is 692. The van der Waals surface area contributed by atoms with Crippen LogP contribution >= 0.6 is 22.9 Å². The molecule has 0 saturated carbocycles. The summed E-state index contributed by atoms with van der Waals surface area (Å²) in [6, 6.07) is 3.13. The second-order valence-corrected chi connectivity index (χ2v) is 5.24. The number of carboxylic acid groups (broad SMARTS) is 1. The molecule has 6 nitrogen and oxygen atoms in total. The summed E-state index contributed by atoms with van der Waals surface area (Å²) < 4.78 is 13.4. The number of rotatable bonds is 4. The summed E-state index contributed by atoms with van der Waals surface area (Å²) in [6.07, 6.45) is 0. The molecule has 1 heterocycles. The monoisotopic (exact) mass is 329 g/mol. The predicted molar refractivity (Wildman–Crippen MR) is 76.3 cm³/mol. The van der Waals surface area contributed by atoms with Crippen LogP contribution in [0, 0.1) is 5.82 Å². The van der Waals surface area contributed by atoms with Gasteiger partial charge < -0.3 is 15.7 Å². The highest BCUT2D eigenvalue weighted by atomic mass is 35.5. The zero-order chi connectivity index (χ0) is 15.4. The number of hydrogen-bond donors (Lipinski definition) is 3. The number of carbonyl (C=O) groups is 2. The molecule has 0 saturated heterocycles. The third-order valence-electron chi connectivity index (χ3n) is 2.35. The topological polar surface area (TPSA) is 91.3 Å². The van der Waals surface area contributed by atoms with E-state index < -0.39 is 17.8 Å². The van der Waals surface area contributed by atoms with E-state index in [0.29, 0.717) is 5.01 Å². The van der Waals surface area contributed by atoms with Crippen LogP contribution in [0.3, 0.4) is 0 Å². The largest absolute Gasteiger partial charge is 0.476 e. The minimum absolute atomic E-state index is 0.0337. The number of aromatic nitrogens is 1. The van der Waals surface area contributed by atoms with Gasteiger partial charge >= 0.3 is 12.0 Å². The Balaban J connectivity index is 1.92. The van der Waals surface area contributed by atoms with Gasteiger partial charge in [0.05, 0.1) is 12.2 Å². The summed E-state index contributed by atoms with van der Waals surface area (Å²) >= 11 is 6.81. The number of nitrogens with zero attached hydrogens (tertiary/aromatic N) is 1. The van der Waals surface area contributed by atoms with Crippen LogP contribution in [0.25, 0.3) is 0 Å². The zero-order valence-electron chi connectivity index (χ0n) is 10.4. The summed E-state index contributed by atoms with van der Waals surface area (Å²) in [6.45, 7) is 0.0337. The van der Waals surface area contributed by atoms with Crippen LogP contribution in [0.5, 0.6) is 0 Å². The van der Waals surface area contributed by atoms with Crippen molar-refractivity contribution in [1.82, 2.24) is 10.3 Å². The lowest BCUT2D eigenvalue weighted by Crippen LogP contribution is -2.28. The first-order valence-corrected chi connectivity index (χ1v) is 6.89. The predicted octanol–water partition coefficient (Wildman–Crippen LogP) is 2.96. The first-order chi connectivity index (χ1) is 9.95. The average molecular weight is 330 g/mol. The van der Waals surface area contributed by atoms with Crippen LogP contribution in [-0.2, 0) is 6.54 Å². The molecule has 9 heteroatoms. The minimum Gasteiger partial charge on any atom is -0.476 e. The fourth-order valence-corrected chi connectivity index (χ4v) is 2.29. The van der Waals surface area contributed by atoms with Crippen LogP contribution in [0.2, 0.25) is 5.02 Å². The van der Waals surface area contributed by atoms with Gasteiger partial charge in [0, 0.05) is 10.4 Å². The quantitative estimate of drug-likeness (QED) is 0.804. The molecule has 2 amide bonds. The molecular weight excluding hydrogens is 321 g/mol. The van der Waals surface area contributed by atoms with Gasteiger partial charge in [-0.15, -0.1) is 11.3 Å². The number of nitrogens with one attached hydrogen (secondary N) is 2. The molecule has 0 aliphatic heterocycles. The van der Waals surface area contributed by atoms with Crippen molar-refractivity contribution in [3.8, 4) is 0 Å². The van der Waals surface area contributed by atoms with Crippen molar-refractivity contribution in [2.75, 3.05) is 5.32 Å². The molecule has 0 radical (unpaired) electrons. The number of halogens is 2. The first-order valence-electron chi connectivity index (χ1n) is 5.63. The van der Waals surface area contributed by atoms with Crippen molar-refractivity contribution in [2.45, 2.75) is 6.54 Å². The van der Waals surface area contributed by atoms with Gasteiger partial charge in [-0.05, 0) is 18.2 Å². The molecular formula is C12H9ClFN3O3S. The van der Waals surface area contributed by atoms with Crippen molar-refractivity contribution in [2.24, 2.45) is 0 Å². The third kappa shape index (κ3) is 4.14. The minimum atomic E-state index is -1.14. The summed E-state index contributed by atoms with van der Waals surface area (Å²) in [4.78, 5) is 26.1. The molecule has 2 aromatic rings. The molecule has 1 aromatic carbocycles. The standard InChI is InChI=1S/C12H9ClFN3O3S/c13-6-1-2-7(14)8(3-6)17-12(20)15-4-10-16-9(5-21-10)11(18)19/h1-3,5H,4H2,(H,18,19)(H2,15,17,20). The second kappa shape index (κ2) is 6.51. The number of amides is 2. The third-order valence-corrected chi connectivity index (χ3v) is 3.43.